The molecule has 0 aliphatic rings. The molecule has 0 unspecified atom stereocenters. The van der Waals surface area contributed by atoms with Gasteiger partial charge in [0.05, 0.1) is 0 Å². The van der Waals surface area contributed by atoms with Gasteiger partial charge in [0.15, 0.2) is 6.10 Å². The molecular weight excluding hydrogens is 254 g/mol. The fourth-order valence-corrected chi connectivity index (χ4v) is 1.84. The monoisotopic (exact) mass is 271 g/mol. The molecule has 0 fully saturated rings. The third kappa shape index (κ3) is 3.35. The molecule has 0 aliphatic heterocycles. The predicted molar refractivity (Wildman–Crippen MR) is 78.4 cm³/mol. The molecule has 4 heteroatoms. The number of benzene rings is 2. The Labute approximate surface area is 117 Å². The number of ether oxygens (including phenoxy) is 1. The van der Waals surface area contributed by atoms with Crippen LogP contribution in [0.4, 0.5) is 5.69 Å². The summed E-state index contributed by atoms with van der Waals surface area (Å²) in [6.45, 7) is 3.25. The van der Waals surface area contributed by atoms with Gasteiger partial charge in [-0.25, -0.2) is 0 Å². The number of esters is 1. The molecule has 2 rings (SSSR count). The number of nitrogens with one attached hydrogen (secondary N) is 1. The van der Waals surface area contributed by atoms with Crippen molar-refractivity contribution in [2.75, 3.05) is 5.32 Å². The van der Waals surface area contributed by atoms with E-state index in [1.165, 1.54) is 0 Å². The summed E-state index contributed by atoms with van der Waals surface area (Å²) in [7, 11) is 0. The number of anilines is 1. The normalized spacial score (nSPS) is 11.9. The molecule has 0 heterocycles. The van der Waals surface area contributed by atoms with Crippen LogP contribution < -0.4 is 5.32 Å². The Hall–Kier alpha value is -2.36. The van der Waals surface area contributed by atoms with Crippen molar-refractivity contribution in [1.82, 2.24) is 0 Å². The van der Waals surface area contributed by atoms with Gasteiger partial charge in [0, 0.05) is 12.1 Å². The van der Waals surface area contributed by atoms with Gasteiger partial charge in [0.1, 0.15) is 0 Å². The lowest BCUT2D eigenvalue weighted by Gasteiger charge is -2.13. The van der Waals surface area contributed by atoms with Crippen molar-refractivity contribution < 1.29 is 14.3 Å². The number of hydrogen-bond donors (Lipinski definition) is 1. The zero-order chi connectivity index (χ0) is 14.5. The van der Waals surface area contributed by atoms with Crippen LogP contribution in [0.15, 0.2) is 42.5 Å². The van der Waals surface area contributed by atoms with Crippen LogP contribution in [0.2, 0.25) is 0 Å². The lowest BCUT2D eigenvalue weighted by atomic mass is 10.1. The van der Waals surface area contributed by atoms with Gasteiger partial charge in [-0.15, -0.1) is 0 Å². The van der Waals surface area contributed by atoms with Crippen molar-refractivity contribution in [3.05, 3.63) is 42.5 Å². The van der Waals surface area contributed by atoms with Crippen LogP contribution in [0.3, 0.4) is 0 Å². The van der Waals surface area contributed by atoms with Crippen molar-refractivity contribution >= 4 is 28.3 Å². The Kier molecular flexibility index (Phi) is 4.35. The zero-order valence-corrected chi connectivity index (χ0v) is 11.6. The highest BCUT2D eigenvalue weighted by molar-refractivity contribution is 5.97. The second-order valence-corrected chi connectivity index (χ2v) is 4.54. The van der Waals surface area contributed by atoms with Crippen molar-refractivity contribution in [2.45, 2.75) is 26.4 Å². The summed E-state index contributed by atoms with van der Waals surface area (Å²) in [4.78, 5) is 23.1. The van der Waals surface area contributed by atoms with E-state index in [1.807, 2.05) is 42.5 Å². The average Bonchev–Trinajstić information content (AvgIpc) is 2.46. The Morgan fingerprint density at radius 2 is 1.85 bits per heavy atom. The van der Waals surface area contributed by atoms with Gasteiger partial charge in [-0.3, -0.25) is 9.59 Å². The second-order valence-electron chi connectivity index (χ2n) is 4.54. The summed E-state index contributed by atoms with van der Waals surface area (Å²) < 4.78 is 4.97. The van der Waals surface area contributed by atoms with E-state index in [2.05, 4.69) is 5.32 Å². The van der Waals surface area contributed by atoms with Crippen LogP contribution >= 0.6 is 0 Å². The molecule has 0 bridgehead atoms. The summed E-state index contributed by atoms with van der Waals surface area (Å²) in [5.74, 6) is -0.715. The zero-order valence-electron chi connectivity index (χ0n) is 11.6. The van der Waals surface area contributed by atoms with E-state index in [-0.39, 0.29) is 18.3 Å². The molecule has 1 atom stereocenters. The minimum absolute atomic E-state index is 0.258. The summed E-state index contributed by atoms with van der Waals surface area (Å²) in [5, 5.41) is 4.90. The van der Waals surface area contributed by atoms with Crippen molar-refractivity contribution in [3.63, 3.8) is 0 Å². The Morgan fingerprint density at radius 1 is 1.15 bits per heavy atom. The lowest BCUT2D eigenvalue weighted by molar-refractivity contribution is -0.152. The van der Waals surface area contributed by atoms with Gasteiger partial charge < -0.3 is 10.1 Å². The van der Waals surface area contributed by atoms with Crippen molar-refractivity contribution in [3.8, 4) is 0 Å². The smallest absolute Gasteiger partial charge is 0.306 e. The van der Waals surface area contributed by atoms with Crippen LogP contribution in [0.25, 0.3) is 10.8 Å². The van der Waals surface area contributed by atoms with E-state index in [0.717, 1.165) is 10.8 Å². The molecule has 0 aliphatic carbocycles. The highest BCUT2D eigenvalue weighted by atomic mass is 16.5. The van der Waals surface area contributed by atoms with Crippen molar-refractivity contribution in [1.29, 1.82) is 0 Å². The summed E-state index contributed by atoms with van der Waals surface area (Å²) in [5.41, 5.74) is 0.688. The molecule has 1 N–H and O–H groups in total. The topological polar surface area (TPSA) is 55.4 Å². The summed E-state index contributed by atoms with van der Waals surface area (Å²) in [6, 6.07) is 13.6. The quantitative estimate of drug-likeness (QED) is 0.869. The maximum absolute atomic E-state index is 11.9. The molecule has 0 radical (unpaired) electrons. The van der Waals surface area contributed by atoms with Gasteiger partial charge in [-0.05, 0) is 29.8 Å². The third-order valence-corrected chi connectivity index (χ3v) is 2.98. The molecule has 2 aromatic rings. The Balaban J connectivity index is 2.07. The standard InChI is InChI=1S/C16H17NO3/c1-3-15(18)20-11(2)16(19)17-14-9-8-12-6-4-5-7-13(12)10-14/h4-11H,3H2,1-2H3,(H,17,19)/t11-/m1/s1. The van der Waals surface area contributed by atoms with Crippen LogP contribution in [0.5, 0.6) is 0 Å². The first-order valence-electron chi connectivity index (χ1n) is 6.59. The molecule has 0 saturated heterocycles. The van der Waals surface area contributed by atoms with E-state index in [4.69, 9.17) is 4.74 Å². The SMILES string of the molecule is CCC(=O)O[C@H](C)C(=O)Nc1ccc2ccccc2c1. The molecule has 2 aromatic carbocycles. The Bertz CT molecular complexity index is 636. The first-order chi connectivity index (χ1) is 9.60. The highest BCUT2D eigenvalue weighted by Crippen LogP contribution is 2.19. The number of hydrogen-bond acceptors (Lipinski definition) is 3. The van der Waals surface area contributed by atoms with Crippen LogP contribution in [0.1, 0.15) is 20.3 Å². The molecule has 20 heavy (non-hydrogen) atoms. The number of rotatable bonds is 4. The van der Waals surface area contributed by atoms with E-state index >= 15 is 0 Å². The van der Waals surface area contributed by atoms with E-state index < -0.39 is 6.10 Å². The number of amides is 1. The van der Waals surface area contributed by atoms with Gasteiger partial charge in [0.25, 0.3) is 5.91 Å². The molecule has 0 aromatic heterocycles. The first kappa shape index (κ1) is 14.1. The van der Waals surface area contributed by atoms with E-state index in [1.54, 1.807) is 13.8 Å². The largest absolute Gasteiger partial charge is 0.453 e. The van der Waals surface area contributed by atoms with Gasteiger partial charge in [0.2, 0.25) is 0 Å². The molecular formula is C16H17NO3. The van der Waals surface area contributed by atoms with Gasteiger partial charge in [-0.2, -0.15) is 0 Å². The maximum Gasteiger partial charge on any atom is 0.306 e. The highest BCUT2D eigenvalue weighted by Gasteiger charge is 2.16. The molecule has 0 spiro atoms. The summed E-state index contributed by atoms with van der Waals surface area (Å²) in [6.07, 6.45) is -0.540. The maximum atomic E-state index is 11.9. The van der Waals surface area contributed by atoms with Crippen molar-refractivity contribution in [2.24, 2.45) is 0 Å². The second kappa shape index (κ2) is 6.19. The fourth-order valence-electron chi connectivity index (χ4n) is 1.84. The average molecular weight is 271 g/mol. The third-order valence-electron chi connectivity index (χ3n) is 2.98. The van der Waals surface area contributed by atoms with Crippen LogP contribution in [0, 0.1) is 0 Å². The van der Waals surface area contributed by atoms with Crippen LogP contribution in [-0.2, 0) is 14.3 Å². The fraction of sp³-hybridized carbons (Fsp3) is 0.250. The molecule has 1 amide bonds. The predicted octanol–water partition coefficient (Wildman–Crippen LogP) is 3.12. The first-order valence-corrected chi connectivity index (χ1v) is 6.59. The van der Waals surface area contributed by atoms with Crippen LogP contribution in [-0.4, -0.2) is 18.0 Å². The minimum atomic E-state index is -0.797. The molecule has 104 valence electrons. The molecule has 0 saturated carbocycles. The number of carbonyl (C=O) groups excluding carboxylic acids is 2. The summed E-state index contributed by atoms with van der Waals surface area (Å²) >= 11 is 0. The van der Waals surface area contributed by atoms with E-state index in [0.29, 0.717) is 5.69 Å². The lowest BCUT2D eigenvalue weighted by Crippen LogP contribution is -2.29. The Morgan fingerprint density at radius 3 is 2.55 bits per heavy atom. The van der Waals surface area contributed by atoms with E-state index in [9.17, 15) is 9.59 Å². The molecule has 4 nitrogen and oxygen atoms in total. The number of fused-ring (bicyclic) bond motifs is 1. The van der Waals surface area contributed by atoms with Gasteiger partial charge >= 0.3 is 5.97 Å². The number of carbonyl (C=O) groups is 2. The van der Waals surface area contributed by atoms with Gasteiger partial charge in [-0.1, -0.05) is 37.3 Å². The minimum Gasteiger partial charge on any atom is -0.453 e.